The third kappa shape index (κ3) is 4.88. The van der Waals surface area contributed by atoms with Crippen molar-refractivity contribution in [2.75, 3.05) is 6.54 Å². The van der Waals surface area contributed by atoms with Crippen molar-refractivity contribution in [2.45, 2.75) is 31.9 Å². The van der Waals surface area contributed by atoms with Gasteiger partial charge in [0.15, 0.2) is 0 Å². The first-order valence-electron chi connectivity index (χ1n) is 5.87. The van der Waals surface area contributed by atoms with E-state index >= 15 is 0 Å². The highest BCUT2D eigenvalue weighted by molar-refractivity contribution is 9.10. The first-order valence-corrected chi connectivity index (χ1v) is 6.67. The molecule has 1 aliphatic rings. The zero-order valence-electron chi connectivity index (χ0n) is 9.62. The fourth-order valence-electron chi connectivity index (χ4n) is 1.48. The van der Waals surface area contributed by atoms with Crippen LogP contribution in [0.2, 0.25) is 0 Å². The molecule has 0 spiro atoms. The Hall–Kier alpha value is -0.870. The second-order valence-corrected chi connectivity index (χ2v) is 5.18. The molecule has 1 fully saturated rings. The highest BCUT2D eigenvalue weighted by Gasteiger charge is 2.20. The Labute approximate surface area is 110 Å². The van der Waals surface area contributed by atoms with Crippen molar-refractivity contribution in [3.63, 3.8) is 0 Å². The average molecular weight is 298 g/mol. The Morgan fingerprint density at radius 1 is 1.35 bits per heavy atom. The van der Waals surface area contributed by atoms with Gasteiger partial charge in [0.25, 0.3) is 0 Å². The SMILES string of the molecule is O=C(CCNC1CC1)OCc1ccc(Br)cc1. The molecule has 17 heavy (non-hydrogen) atoms. The van der Waals surface area contributed by atoms with Crippen LogP contribution in [0, 0.1) is 0 Å². The summed E-state index contributed by atoms with van der Waals surface area (Å²) < 4.78 is 6.20. The van der Waals surface area contributed by atoms with Gasteiger partial charge in [-0.1, -0.05) is 28.1 Å². The van der Waals surface area contributed by atoms with Crippen LogP contribution in [0.3, 0.4) is 0 Å². The van der Waals surface area contributed by atoms with Gasteiger partial charge in [-0.2, -0.15) is 0 Å². The van der Waals surface area contributed by atoms with Crippen molar-refractivity contribution in [3.8, 4) is 0 Å². The standard InChI is InChI=1S/C13H16BrNO2/c14-11-3-1-10(2-4-11)9-17-13(16)7-8-15-12-5-6-12/h1-4,12,15H,5-9H2. The second-order valence-electron chi connectivity index (χ2n) is 4.27. The van der Waals surface area contributed by atoms with Crippen LogP contribution < -0.4 is 5.32 Å². The van der Waals surface area contributed by atoms with Gasteiger partial charge < -0.3 is 10.1 Å². The summed E-state index contributed by atoms with van der Waals surface area (Å²) in [6.07, 6.45) is 2.94. The van der Waals surface area contributed by atoms with E-state index in [0.717, 1.165) is 16.6 Å². The highest BCUT2D eigenvalue weighted by atomic mass is 79.9. The van der Waals surface area contributed by atoms with Gasteiger partial charge in [-0.3, -0.25) is 4.79 Å². The highest BCUT2D eigenvalue weighted by Crippen LogP contribution is 2.18. The molecule has 2 rings (SSSR count). The Morgan fingerprint density at radius 3 is 2.71 bits per heavy atom. The van der Waals surface area contributed by atoms with Crippen LogP contribution in [0.25, 0.3) is 0 Å². The maximum atomic E-state index is 11.4. The minimum atomic E-state index is -0.138. The monoisotopic (exact) mass is 297 g/mol. The Morgan fingerprint density at radius 2 is 2.06 bits per heavy atom. The molecule has 0 heterocycles. The predicted octanol–water partition coefficient (Wildman–Crippen LogP) is 2.63. The van der Waals surface area contributed by atoms with Crippen molar-refractivity contribution < 1.29 is 9.53 Å². The Balaban J connectivity index is 1.62. The van der Waals surface area contributed by atoms with Crippen molar-refractivity contribution in [3.05, 3.63) is 34.3 Å². The predicted molar refractivity (Wildman–Crippen MR) is 69.6 cm³/mol. The molecule has 4 heteroatoms. The Kier molecular flexibility index (Phi) is 4.57. The molecular formula is C13H16BrNO2. The number of benzene rings is 1. The fraction of sp³-hybridized carbons (Fsp3) is 0.462. The number of hydrogen-bond acceptors (Lipinski definition) is 3. The van der Waals surface area contributed by atoms with Gasteiger partial charge in [0, 0.05) is 17.1 Å². The van der Waals surface area contributed by atoms with E-state index in [4.69, 9.17) is 4.74 Å². The minimum Gasteiger partial charge on any atom is -0.461 e. The molecule has 1 aromatic rings. The summed E-state index contributed by atoms with van der Waals surface area (Å²) in [5.41, 5.74) is 1.01. The molecule has 0 radical (unpaired) electrons. The van der Waals surface area contributed by atoms with E-state index in [1.165, 1.54) is 12.8 Å². The zero-order valence-corrected chi connectivity index (χ0v) is 11.2. The van der Waals surface area contributed by atoms with E-state index in [0.29, 0.717) is 19.1 Å². The van der Waals surface area contributed by atoms with E-state index in [1.54, 1.807) is 0 Å². The summed E-state index contributed by atoms with van der Waals surface area (Å²) in [6.45, 7) is 1.08. The lowest BCUT2D eigenvalue weighted by atomic mass is 10.2. The largest absolute Gasteiger partial charge is 0.461 e. The molecule has 1 aliphatic carbocycles. The van der Waals surface area contributed by atoms with Crippen molar-refractivity contribution in [1.82, 2.24) is 5.32 Å². The number of esters is 1. The van der Waals surface area contributed by atoms with Gasteiger partial charge in [0.2, 0.25) is 0 Å². The van der Waals surface area contributed by atoms with Gasteiger partial charge in [-0.05, 0) is 30.5 Å². The zero-order chi connectivity index (χ0) is 12.1. The number of nitrogens with one attached hydrogen (secondary N) is 1. The normalized spacial score (nSPS) is 14.6. The summed E-state index contributed by atoms with van der Waals surface area (Å²) in [7, 11) is 0. The average Bonchev–Trinajstić information content (AvgIpc) is 3.12. The van der Waals surface area contributed by atoms with E-state index in [-0.39, 0.29) is 5.97 Å². The summed E-state index contributed by atoms with van der Waals surface area (Å²) in [5, 5.41) is 3.29. The maximum Gasteiger partial charge on any atom is 0.307 e. The summed E-state index contributed by atoms with van der Waals surface area (Å²) in [5.74, 6) is -0.138. The van der Waals surface area contributed by atoms with Gasteiger partial charge in [-0.15, -0.1) is 0 Å². The van der Waals surface area contributed by atoms with E-state index in [1.807, 2.05) is 24.3 Å². The smallest absolute Gasteiger partial charge is 0.307 e. The van der Waals surface area contributed by atoms with Crippen LogP contribution in [0.1, 0.15) is 24.8 Å². The molecule has 3 nitrogen and oxygen atoms in total. The van der Waals surface area contributed by atoms with Gasteiger partial charge in [0.05, 0.1) is 6.42 Å². The Bertz CT molecular complexity index is 374. The molecule has 0 unspecified atom stereocenters. The van der Waals surface area contributed by atoms with E-state index < -0.39 is 0 Å². The number of halogens is 1. The lowest BCUT2D eigenvalue weighted by molar-refractivity contribution is -0.144. The van der Waals surface area contributed by atoms with Crippen LogP contribution in [-0.4, -0.2) is 18.6 Å². The molecule has 0 aromatic heterocycles. The molecule has 1 saturated carbocycles. The second kappa shape index (κ2) is 6.17. The quantitative estimate of drug-likeness (QED) is 0.821. The first-order chi connectivity index (χ1) is 8.24. The van der Waals surface area contributed by atoms with Crippen molar-refractivity contribution >= 4 is 21.9 Å². The molecule has 1 aromatic carbocycles. The van der Waals surface area contributed by atoms with Crippen LogP contribution >= 0.6 is 15.9 Å². The molecule has 0 amide bonds. The third-order valence-electron chi connectivity index (χ3n) is 2.65. The van der Waals surface area contributed by atoms with Crippen LogP contribution in [0.4, 0.5) is 0 Å². The molecule has 0 bridgehead atoms. The van der Waals surface area contributed by atoms with Gasteiger partial charge in [-0.25, -0.2) is 0 Å². The third-order valence-corrected chi connectivity index (χ3v) is 3.18. The van der Waals surface area contributed by atoms with Crippen LogP contribution in [-0.2, 0) is 16.1 Å². The lowest BCUT2D eigenvalue weighted by Gasteiger charge is -2.05. The number of carbonyl (C=O) groups is 1. The van der Waals surface area contributed by atoms with E-state index in [9.17, 15) is 4.79 Å². The summed E-state index contributed by atoms with van der Waals surface area (Å²) >= 11 is 3.36. The lowest BCUT2D eigenvalue weighted by Crippen LogP contribution is -2.21. The van der Waals surface area contributed by atoms with Gasteiger partial charge in [0.1, 0.15) is 6.61 Å². The first kappa shape index (κ1) is 12.6. The molecule has 0 atom stereocenters. The van der Waals surface area contributed by atoms with Crippen molar-refractivity contribution in [1.29, 1.82) is 0 Å². The van der Waals surface area contributed by atoms with Crippen LogP contribution in [0.5, 0.6) is 0 Å². The molecule has 0 aliphatic heterocycles. The summed E-state index contributed by atoms with van der Waals surface area (Å²) in [4.78, 5) is 11.4. The van der Waals surface area contributed by atoms with Gasteiger partial charge >= 0.3 is 5.97 Å². The molecular weight excluding hydrogens is 282 g/mol. The van der Waals surface area contributed by atoms with E-state index in [2.05, 4.69) is 21.2 Å². The van der Waals surface area contributed by atoms with Crippen LogP contribution in [0.15, 0.2) is 28.7 Å². The number of ether oxygens (including phenoxy) is 1. The number of hydrogen-bond donors (Lipinski definition) is 1. The maximum absolute atomic E-state index is 11.4. The fourth-order valence-corrected chi connectivity index (χ4v) is 1.75. The summed E-state index contributed by atoms with van der Waals surface area (Å²) in [6, 6.07) is 8.42. The molecule has 1 N–H and O–H groups in total. The minimum absolute atomic E-state index is 0.138. The van der Waals surface area contributed by atoms with Crippen molar-refractivity contribution in [2.24, 2.45) is 0 Å². The number of carbonyl (C=O) groups excluding carboxylic acids is 1. The molecule has 0 saturated heterocycles. The molecule has 92 valence electrons. The number of rotatable bonds is 6. The topological polar surface area (TPSA) is 38.3 Å².